The fourth-order valence-corrected chi connectivity index (χ4v) is 1.02. The first-order chi connectivity index (χ1) is 6.61. The summed E-state index contributed by atoms with van der Waals surface area (Å²) in [7, 11) is 1.57. The van der Waals surface area contributed by atoms with Crippen molar-refractivity contribution in [3.8, 4) is 6.07 Å². The van der Waals surface area contributed by atoms with Crippen LogP contribution >= 0.6 is 0 Å². The molecule has 1 atom stereocenters. The molecule has 0 radical (unpaired) electrons. The van der Waals surface area contributed by atoms with Crippen molar-refractivity contribution < 1.29 is 14.6 Å². The monoisotopic (exact) mass is 200 g/mol. The molecule has 0 aromatic carbocycles. The van der Waals surface area contributed by atoms with Crippen molar-refractivity contribution in [3.05, 3.63) is 0 Å². The molecule has 5 heteroatoms. The molecule has 0 rings (SSSR count). The maximum atomic E-state index is 10.6. The van der Waals surface area contributed by atoms with Crippen LogP contribution in [0.5, 0.6) is 0 Å². The van der Waals surface area contributed by atoms with Crippen LogP contribution in [-0.2, 0) is 9.53 Å². The van der Waals surface area contributed by atoms with E-state index in [1.807, 2.05) is 6.07 Å². The molecule has 0 aromatic rings. The molecule has 1 unspecified atom stereocenters. The first-order valence-corrected chi connectivity index (χ1v) is 4.42. The molecule has 0 aliphatic heterocycles. The van der Waals surface area contributed by atoms with Gasteiger partial charge in [0.1, 0.15) is 0 Å². The van der Waals surface area contributed by atoms with E-state index in [1.165, 1.54) is 0 Å². The fourth-order valence-electron chi connectivity index (χ4n) is 1.02. The third-order valence-corrected chi connectivity index (χ3v) is 1.86. The summed E-state index contributed by atoms with van der Waals surface area (Å²) in [5.74, 6) is -1.30. The van der Waals surface area contributed by atoms with Gasteiger partial charge in [-0.1, -0.05) is 6.92 Å². The lowest BCUT2D eigenvalue weighted by molar-refractivity contribution is -0.141. The Labute approximate surface area is 83.9 Å². The zero-order chi connectivity index (χ0) is 11.0. The summed E-state index contributed by atoms with van der Waals surface area (Å²) in [5.41, 5.74) is 0. The molecule has 0 fully saturated rings. The molecule has 14 heavy (non-hydrogen) atoms. The van der Waals surface area contributed by atoms with Gasteiger partial charge in [0.15, 0.2) is 0 Å². The van der Waals surface area contributed by atoms with Crippen LogP contribution in [0, 0.1) is 17.2 Å². The smallest absolute Gasteiger partial charge is 0.307 e. The van der Waals surface area contributed by atoms with Gasteiger partial charge in [0.2, 0.25) is 0 Å². The highest BCUT2D eigenvalue weighted by atomic mass is 16.5. The number of nitriles is 1. The summed E-state index contributed by atoms with van der Waals surface area (Å²) >= 11 is 0. The average molecular weight is 200 g/mol. The Hall–Kier alpha value is -1.12. The minimum Gasteiger partial charge on any atom is -0.481 e. The largest absolute Gasteiger partial charge is 0.481 e. The normalized spacial score (nSPS) is 12.4. The molecule has 80 valence electrons. The maximum absolute atomic E-state index is 10.6. The molecule has 0 aliphatic carbocycles. The molecule has 0 aromatic heterocycles. The minimum atomic E-state index is -0.842. The van der Waals surface area contributed by atoms with Crippen molar-refractivity contribution in [2.75, 3.05) is 33.4 Å². The van der Waals surface area contributed by atoms with Crippen molar-refractivity contribution in [3.63, 3.8) is 0 Å². The molecular weight excluding hydrogens is 184 g/mol. The van der Waals surface area contributed by atoms with Gasteiger partial charge in [0.05, 0.1) is 25.1 Å². The number of carbonyl (C=O) groups is 1. The van der Waals surface area contributed by atoms with Crippen molar-refractivity contribution in [1.82, 2.24) is 4.90 Å². The van der Waals surface area contributed by atoms with E-state index in [9.17, 15) is 4.79 Å². The van der Waals surface area contributed by atoms with Gasteiger partial charge in [-0.15, -0.1) is 0 Å². The van der Waals surface area contributed by atoms with Crippen LogP contribution in [0.25, 0.3) is 0 Å². The van der Waals surface area contributed by atoms with Crippen LogP contribution < -0.4 is 0 Å². The maximum Gasteiger partial charge on any atom is 0.307 e. The van der Waals surface area contributed by atoms with Gasteiger partial charge in [-0.05, 0) is 0 Å². The summed E-state index contributed by atoms with van der Waals surface area (Å²) in [4.78, 5) is 12.3. The predicted octanol–water partition coefficient (Wildman–Crippen LogP) is 0.179. The molecule has 5 nitrogen and oxygen atoms in total. The summed E-state index contributed by atoms with van der Waals surface area (Å²) in [6.07, 6.45) is 0. The van der Waals surface area contributed by atoms with Crippen molar-refractivity contribution in [2.45, 2.75) is 6.92 Å². The Bertz CT molecular complexity index is 213. The van der Waals surface area contributed by atoms with Gasteiger partial charge in [-0.25, -0.2) is 0 Å². The van der Waals surface area contributed by atoms with Gasteiger partial charge in [0, 0.05) is 20.2 Å². The summed E-state index contributed by atoms with van der Waals surface area (Å²) in [6, 6.07) is 2.00. The van der Waals surface area contributed by atoms with Crippen LogP contribution in [-0.4, -0.2) is 49.3 Å². The Balaban J connectivity index is 3.95. The second kappa shape index (κ2) is 7.30. The second-order valence-corrected chi connectivity index (χ2v) is 3.13. The third kappa shape index (κ3) is 5.51. The van der Waals surface area contributed by atoms with E-state index < -0.39 is 11.9 Å². The second-order valence-electron chi connectivity index (χ2n) is 3.13. The molecule has 0 heterocycles. The highest BCUT2D eigenvalue weighted by molar-refractivity contribution is 5.69. The van der Waals surface area contributed by atoms with Gasteiger partial charge in [-0.2, -0.15) is 5.26 Å². The van der Waals surface area contributed by atoms with E-state index in [2.05, 4.69) is 0 Å². The first-order valence-electron chi connectivity index (χ1n) is 4.42. The molecule has 1 N–H and O–H groups in total. The Morgan fingerprint density at radius 2 is 2.36 bits per heavy atom. The molecule has 0 aliphatic rings. The number of hydrogen-bond donors (Lipinski definition) is 1. The number of rotatable bonds is 7. The number of carboxylic acids is 1. The van der Waals surface area contributed by atoms with Gasteiger partial charge >= 0.3 is 5.97 Å². The number of carboxylic acid groups (broad SMARTS) is 1. The van der Waals surface area contributed by atoms with Gasteiger partial charge in [0.25, 0.3) is 0 Å². The number of hydrogen-bond acceptors (Lipinski definition) is 4. The number of nitrogens with zero attached hydrogens (tertiary/aromatic N) is 2. The zero-order valence-electron chi connectivity index (χ0n) is 8.56. The third-order valence-electron chi connectivity index (χ3n) is 1.86. The van der Waals surface area contributed by atoms with Crippen molar-refractivity contribution in [1.29, 1.82) is 5.26 Å². The first kappa shape index (κ1) is 12.9. The quantitative estimate of drug-likeness (QED) is 0.593. The Morgan fingerprint density at radius 3 is 2.79 bits per heavy atom. The van der Waals surface area contributed by atoms with Crippen molar-refractivity contribution in [2.24, 2.45) is 5.92 Å². The van der Waals surface area contributed by atoms with Crippen LogP contribution in [0.3, 0.4) is 0 Å². The van der Waals surface area contributed by atoms with E-state index >= 15 is 0 Å². The molecule has 0 saturated carbocycles. The zero-order valence-corrected chi connectivity index (χ0v) is 8.56. The van der Waals surface area contributed by atoms with Crippen molar-refractivity contribution >= 4 is 5.97 Å². The molecule has 0 spiro atoms. The molecule has 0 saturated heterocycles. The number of methoxy groups -OCH3 is 1. The Kier molecular flexibility index (Phi) is 6.72. The summed E-state index contributed by atoms with van der Waals surface area (Å²) in [6.45, 7) is 3.34. The van der Waals surface area contributed by atoms with Crippen LogP contribution in [0.1, 0.15) is 6.92 Å². The predicted molar refractivity (Wildman–Crippen MR) is 50.7 cm³/mol. The van der Waals surface area contributed by atoms with E-state index in [0.29, 0.717) is 19.7 Å². The van der Waals surface area contributed by atoms with Crippen LogP contribution in [0.4, 0.5) is 0 Å². The van der Waals surface area contributed by atoms with E-state index in [1.54, 1.807) is 18.9 Å². The number of ether oxygens (including phenoxy) is 1. The summed E-state index contributed by atoms with van der Waals surface area (Å²) in [5, 5.41) is 17.2. The topological polar surface area (TPSA) is 73.6 Å². The minimum absolute atomic E-state index is 0.237. The van der Waals surface area contributed by atoms with Gasteiger partial charge < -0.3 is 9.84 Å². The van der Waals surface area contributed by atoms with Crippen LogP contribution in [0.2, 0.25) is 0 Å². The Morgan fingerprint density at radius 1 is 1.71 bits per heavy atom. The average Bonchev–Trinajstić information content (AvgIpc) is 2.14. The lowest BCUT2D eigenvalue weighted by Gasteiger charge is -2.20. The standard InChI is InChI=1S/C9H16N2O3/c1-8(9(12)13)7-11(4-3-10)5-6-14-2/h8H,4-7H2,1-2H3,(H,12,13). The summed E-state index contributed by atoms with van der Waals surface area (Å²) < 4.78 is 4.86. The lowest BCUT2D eigenvalue weighted by Crippen LogP contribution is -2.34. The molecular formula is C9H16N2O3. The van der Waals surface area contributed by atoms with Crippen LogP contribution in [0.15, 0.2) is 0 Å². The lowest BCUT2D eigenvalue weighted by atomic mass is 10.2. The number of aliphatic carboxylic acids is 1. The van der Waals surface area contributed by atoms with Gasteiger partial charge in [-0.3, -0.25) is 9.69 Å². The van der Waals surface area contributed by atoms with E-state index in [-0.39, 0.29) is 6.54 Å². The highest BCUT2D eigenvalue weighted by Gasteiger charge is 2.15. The fraction of sp³-hybridized carbons (Fsp3) is 0.778. The molecule has 0 amide bonds. The van der Waals surface area contributed by atoms with E-state index in [4.69, 9.17) is 15.1 Å². The SMILES string of the molecule is COCCN(CC#N)CC(C)C(=O)O. The molecule has 0 bridgehead atoms. The highest BCUT2D eigenvalue weighted by Crippen LogP contribution is 1.99. The van der Waals surface area contributed by atoms with E-state index in [0.717, 1.165) is 0 Å².